The molecule has 1 amide bonds. The van der Waals surface area contributed by atoms with Crippen LogP contribution in [0.3, 0.4) is 0 Å². The molecule has 0 N–H and O–H groups in total. The van der Waals surface area contributed by atoms with Crippen LogP contribution in [0.1, 0.15) is 26.3 Å². The summed E-state index contributed by atoms with van der Waals surface area (Å²) >= 11 is 0. The third-order valence-corrected chi connectivity index (χ3v) is 6.16. The molecule has 13 heteroatoms. The van der Waals surface area contributed by atoms with E-state index < -0.39 is 24.6 Å². The molecule has 0 bridgehead atoms. The highest BCUT2D eigenvalue weighted by molar-refractivity contribution is 5.68. The second-order valence-electron chi connectivity index (χ2n) is 10.4. The summed E-state index contributed by atoms with van der Waals surface area (Å²) in [6.45, 7) is 6.56. The first-order valence-corrected chi connectivity index (χ1v) is 12.7. The van der Waals surface area contributed by atoms with Crippen molar-refractivity contribution in [3.8, 4) is 11.4 Å². The van der Waals surface area contributed by atoms with Gasteiger partial charge in [0, 0.05) is 31.9 Å². The van der Waals surface area contributed by atoms with Crippen LogP contribution in [0.25, 0.3) is 5.69 Å². The van der Waals surface area contributed by atoms with E-state index >= 15 is 0 Å². The topological polar surface area (TPSA) is 81.8 Å². The van der Waals surface area contributed by atoms with Crippen LogP contribution in [-0.4, -0.2) is 76.1 Å². The van der Waals surface area contributed by atoms with Crippen LogP contribution >= 0.6 is 0 Å². The van der Waals surface area contributed by atoms with Crippen LogP contribution in [0.5, 0.6) is 5.75 Å². The number of piperazine rings is 1. The SMILES string of the molecule is CC(C)(C)OC(=O)N1CCN(c2ccc(-n3cnn(Cc4ccc(OCC(F)(F)C(F)F)cc4)c3=O)cc2)CC1. The zero-order chi connectivity index (χ0) is 29.1. The lowest BCUT2D eigenvalue weighted by Gasteiger charge is -2.36. The van der Waals surface area contributed by atoms with Crippen LogP contribution in [0, 0.1) is 0 Å². The Morgan fingerprint density at radius 2 is 1.55 bits per heavy atom. The summed E-state index contributed by atoms with van der Waals surface area (Å²) in [5.74, 6) is -4.23. The lowest BCUT2D eigenvalue weighted by atomic mass is 10.2. The number of carbonyl (C=O) groups is 1. The second kappa shape index (κ2) is 11.6. The smallest absolute Gasteiger partial charge is 0.410 e. The number of halogens is 4. The van der Waals surface area contributed by atoms with Gasteiger partial charge >= 0.3 is 24.1 Å². The number of alkyl halides is 4. The summed E-state index contributed by atoms with van der Waals surface area (Å²) in [7, 11) is 0. The first-order valence-electron chi connectivity index (χ1n) is 12.7. The number of benzene rings is 2. The highest BCUT2D eigenvalue weighted by atomic mass is 19.3. The van der Waals surface area contributed by atoms with Crippen molar-refractivity contribution in [1.29, 1.82) is 0 Å². The van der Waals surface area contributed by atoms with Gasteiger partial charge in [0.2, 0.25) is 0 Å². The van der Waals surface area contributed by atoms with Gasteiger partial charge in [0.05, 0.1) is 12.2 Å². The number of hydrogen-bond donors (Lipinski definition) is 0. The molecule has 2 aromatic carbocycles. The summed E-state index contributed by atoms with van der Waals surface area (Å²) in [4.78, 5) is 29.1. The van der Waals surface area contributed by atoms with Crippen LogP contribution < -0.4 is 15.3 Å². The van der Waals surface area contributed by atoms with Crippen molar-refractivity contribution in [3.63, 3.8) is 0 Å². The van der Waals surface area contributed by atoms with E-state index in [9.17, 15) is 27.2 Å². The van der Waals surface area contributed by atoms with Gasteiger partial charge < -0.3 is 19.3 Å². The molecule has 1 aliphatic rings. The molecule has 2 heterocycles. The Morgan fingerprint density at radius 1 is 0.950 bits per heavy atom. The molecular weight excluding hydrogens is 534 g/mol. The van der Waals surface area contributed by atoms with Crippen molar-refractivity contribution >= 4 is 11.8 Å². The molecule has 4 rings (SSSR count). The van der Waals surface area contributed by atoms with E-state index in [0.717, 1.165) is 5.69 Å². The summed E-state index contributed by atoms with van der Waals surface area (Å²) in [6, 6.07) is 13.2. The minimum atomic E-state index is -4.24. The van der Waals surface area contributed by atoms with Crippen molar-refractivity contribution in [2.75, 3.05) is 37.7 Å². The minimum absolute atomic E-state index is 0.00768. The fourth-order valence-corrected chi connectivity index (χ4v) is 4.03. The number of anilines is 1. The summed E-state index contributed by atoms with van der Waals surface area (Å²) in [5.41, 5.74) is 1.30. The van der Waals surface area contributed by atoms with Gasteiger partial charge in [-0.25, -0.2) is 27.6 Å². The van der Waals surface area contributed by atoms with Crippen LogP contribution in [-0.2, 0) is 11.3 Å². The highest BCUT2D eigenvalue weighted by Crippen LogP contribution is 2.25. The molecule has 1 aromatic heterocycles. The maximum atomic E-state index is 13.0. The zero-order valence-corrected chi connectivity index (χ0v) is 22.4. The fourth-order valence-electron chi connectivity index (χ4n) is 4.03. The van der Waals surface area contributed by atoms with Gasteiger partial charge in [-0.2, -0.15) is 13.9 Å². The molecule has 0 atom stereocenters. The van der Waals surface area contributed by atoms with Crippen molar-refractivity contribution < 1.29 is 31.8 Å². The summed E-state index contributed by atoms with van der Waals surface area (Å²) in [6.07, 6.45) is -2.73. The van der Waals surface area contributed by atoms with Gasteiger partial charge in [0.15, 0.2) is 6.61 Å². The van der Waals surface area contributed by atoms with E-state index in [4.69, 9.17) is 9.47 Å². The Labute approximate surface area is 228 Å². The van der Waals surface area contributed by atoms with E-state index in [-0.39, 0.29) is 24.1 Å². The molecule has 1 aliphatic heterocycles. The molecule has 0 spiro atoms. The van der Waals surface area contributed by atoms with E-state index in [1.54, 1.807) is 17.0 Å². The predicted octanol–water partition coefficient (Wildman–Crippen LogP) is 4.42. The summed E-state index contributed by atoms with van der Waals surface area (Å²) < 4.78 is 63.5. The van der Waals surface area contributed by atoms with Gasteiger partial charge in [-0.3, -0.25) is 0 Å². The molecule has 3 aromatic rings. The molecule has 1 saturated heterocycles. The van der Waals surface area contributed by atoms with Crippen LogP contribution in [0.15, 0.2) is 59.7 Å². The highest BCUT2D eigenvalue weighted by Gasteiger charge is 2.41. The van der Waals surface area contributed by atoms with Gasteiger partial charge in [-0.15, -0.1) is 0 Å². The number of nitrogens with zero attached hydrogens (tertiary/aromatic N) is 5. The largest absolute Gasteiger partial charge is 0.487 e. The van der Waals surface area contributed by atoms with Crippen LogP contribution in [0.4, 0.5) is 28.0 Å². The number of ether oxygens (including phenoxy) is 2. The minimum Gasteiger partial charge on any atom is -0.487 e. The first-order chi connectivity index (χ1) is 18.8. The average molecular weight is 566 g/mol. The van der Waals surface area contributed by atoms with Gasteiger partial charge in [0.25, 0.3) is 0 Å². The maximum Gasteiger partial charge on any atom is 0.410 e. The van der Waals surface area contributed by atoms with E-state index in [2.05, 4.69) is 10.00 Å². The number of carbonyl (C=O) groups excluding carboxylic acids is 1. The summed E-state index contributed by atoms with van der Waals surface area (Å²) in [5, 5.41) is 4.15. The molecule has 0 unspecified atom stereocenters. The predicted molar refractivity (Wildman–Crippen MR) is 140 cm³/mol. The fraction of sp³-hybridized carbons (Fsp3) is 0.444. The standard InChI is InChI=1S/C27H31F4N5O4/c1-26(2,3)40-25(38)34-14-12-33(13-15-34)20-6-8-21(9-7-20)35-18-32-36(24(35)37)16-19-4-10-22(11-5-19)39-17-27(30,31)23(28)29/h4-11,18,23H,12-17H2,1-3H3. The molecule has 1 fully saturated rings. The van der Waals surface area contributed by atoms with Crippen LogP contribution in [0.2, 0.25) is 0 Å². The molecule has 0 aliphatic carbocycles. The monoisotopic (exact) mass is 565 g/mol. The van der Waals surface area contributed by atoms with Crippen molar-refractivity contribution in [2.45, 2.75) is 45.3 Å². The molecular formula is C27H31F4N5O4. The van der Waals surface area contributed by atoms with Gasteiger partial charge in [-0.05, 0) is 62.7 Å². The Bertz CT molecular complexity index is 1340. The average Bonchev–Trinajstić information content (AvgIpc) is 3.27. The molecule has 0 radical (unpaired) electrons. The Hall–Kier alpha value is -4.03. The zero-order valence-electron chi connectivity index (χ0n) is 22.4. The maximum absolute atomic E-state index is 13.0. The van der Waals surface area contributed by atoms with Crippen molar-refractivity contribution in [2.24, 2.45) is 0 Å². The van der Waals surface area contributed by atoms with E-state index in [0.29, 0.717) is 37.4 Å². The Kier molecular flexibility index (Phi) is 8.40. The van der Waals surface area contributed by atoms with Crippen molar-refractivity contribution in [3.05, 3.63) is 70.9 Å². The normalized spacial score (nSPS) is 14.5. The molecule has 0 saturated carbocycles. The molecule has 40 heavy (non-hydrogen) atoms. The number of amides is 1. The van der Waals surface area contributed by atoms with Gasteiger partial charge in [-0.1, -0.05) is 12.1 Å². The lowest BCUT2D eigenvalue weighted by Crippen LogP contribution is -2.50. The third-order valence-electron chi connectivity index (χ3n) is 6.16. The number of aromatic nitrogens is 3. The number of hydrogen-bond acceptors (Lipinski definition) is 6. The lowest BCUT2D eigenvalue weighted by molar-refractivity contribution is -0.148. The third kappa shape index (κ3) is 7.13. The van der Waals surface area contributed by atoms with Gasteiger partial charge in [0.1, 0.15) is 17.7 Å². The van der Waals surface area contributed by atoms with E-state index in [1.165, 1.54) is 27.7 Å². The van der Waals surface area contributed by atoms with Crippen molar-refractivity contribution in [1.82, 2.24) is 19.2 Å². The Morgan fingerprint density at radius 3 is 2.12 bits per heavy atom. The number of rotatable bonds is 8. The molecule has 216 valence electrons. The Balaban J connectivity index is 1.34. The second-order valence-corrected chi connectivity index (χ2v) is 10.4. The quantitative estimate of drug-likeness (QED) is 0.377. The van der Waals surface area contributed by atoms with E-state index in [1.807, 2.05) is 45.0 Å². The first kappa shape index (κ1) is 29.0. The molecule has 9 nitrogen and oxygen atoms in total.